The van der Waals surface area contributed by atoms with Crippen LogP contribution in [0.4, 0.5) is 0 Å². The van der Waals surface area contributed by atoms with Gasteiger partial charge in [0.15, 0.2) is 0 Å². The number of nitrogens with zero attached hydrogens (tertiary/aromatic N) is 2. The zero-order valence-electron chi connectivity index (χ0n) is 13.5. The molecule has 1 aliphatic carbocycles. The van der Waals surface area contributed by atoms with Crippen molar-refractivity contribution in [2.45, 2.75) is 78.3 Å². The van der Waals surface area contributed by atoms with E-state index in [2.05, 4.69) is 37.6 Å². The van der Waals surface area contributed by atoms with E-state index < -0.39 is 0 Å². The fourth-order valence-corrected chi connectivity index (χ4v) is 4.05. The van der Waals surface area contributed by atoms with Gasteiger partial charge in [0.25, 0.3) is 0 Å². The number of hydrogen-bond donors (Lipinski definition) is 1. The van der Waals surface area contributed by atoms with Crippen LogP contribution in [-0.2, 0) is 13.0 Å². The molecule has 1 aromatic heterocycles. The predicted octanol–water partition coefficient (Wildman–Crippen LogP) is 3.79. The SMILES string of the molecule is CC(C)c1nc2c(n1C1CCCC(C)(C)C1)CCNC2. The molecular formula is C17H29N3. The van der Waals surface area contributed by atoms with E-state index in [0.29, 0.717) is 17.4 Å². The first-order chi connectivity index (χ1) is 9.48. The summed E-state index contributed by atoms with van der Waals surface area (Å²) in [6.07, 6.45) is 6.52. The van der Waals surface area contributed by atoms with E-state index in [9.17, 15) is 0 Å². The molecule has 0 amide bonds. The summed E-state index contributed by atoms with van der Waals surface area (Å²) in [4.78, 5) is 4.97. The summed E-state index contributed by atoms with van der Waals surface area (Å²) in [6, 6.07) is 0.672. The predicted molar refractivity (Wildman–Crippen MR) is 83.0 cm³/mol. The zero-order chi connectivity index (χ0) is 14.3. The van der Waals surface area contributed by atoms with Crippen molar-refractivity contribution in [1.82, 2.24) is 14.9 Å². The summed E-state index contributed by atoms with van der Waals surface area (Å²) in [6.45, 7) is 11.5. The van der Waals surface area contributed by atoms with Crippen LogP contribution in [0.1, 0.15) is 82.6 Å². The first kappa shape index (κ1) is 14.1. The van der Waals surface area contributed by atoms with Gasteiger partial charge < -0.3 is 9.88 Å². The third-order valence-corrected chi connectivity index (χ3v) is 5.01. The lowest BCUT2D eigenvalue weighted by atomic mass is 9.75. The van der Waals surface area contributed by atoms with Crippen LogP contribution < -0.4 is 5.32 Å². The Hall–Kier alpha value is -0.830. The van der Waals surface area contributed by atoms with Gasteiger partial charge in [0, 0.05) is 37.2 Å². The number of hydrogen-bond acceptors (Lipinski definition) is 2. The number of aromatic nitrogens is 2. The van der Waals surface area contributed by atoms with Crippen LogP contribution in [0, 0.1) is 5.41 Å². The third kappa shape index (κ3) is 2.52. The van der Waals surface area contributed by atoms with E-state index in [0.717, 1.165) is 19.5 Å². The standard InChI is InChI=1S/C17H29N3/c1-12(2)16-19-14-11-18-9-7-15(14)20(16)13-6-5-8-17(3,4)10-13/h12-13,18H,5-11H2,1-4H3. The van der Waals surface area contributed by atoms with Crippen molar-refractivity contribution in [3.63, 3.8) is 0 Å². The first-order valence-corrected chi connectivity index (χ1v) is 8.28. The Labute approximate surface area is 123 Å². The van der Waals surface area contributed by atoms with E-state index >= 15 is 0 Å². The van der Waals surface area contributed by atoms with E-state index in [1.54, 1.807) is 0 Å². The Morgan fingerprint density at radius 2 is 2.15 bits per heavy atom. The minimum atomic E-state index is 0.487. The van der Waals surface area contributed by atoms with Crippen molar-refractivity contribution in [3.8, 4) is 0 Å². The summed E-state index contributed by atoms with van der Waals surface area (Å²) in [5, 5.41) is 3.46. The van der Waals surface area contributed by atoms with Crippen LogP contribution in [0.2, 0.25) is 0 Å². The molecule has 3 nitrogen and oxygen atoms in total. The molecule has 1 saturated carbocycles. The van der Waals surface area contributed by atoms with Crippen molar-refractivity contribution >= 4 is 0 Å². The Bertz CT molecular complexity index is 485. The Morgan fingerprint density at radius 1 is 1.35 bits per heavy atom. The molecule has 0 aromatic carbocycles. The fraction of sp³-hybridized carbons (Fsp3) is 0.824. The van der Waals surface area contributed by atoms with Crippen molar-refractivity contribution in [2.75, 3.05) is 6.54 Å². The molecule has 20 heavy (non-hydrogen) atoms. The number of fused-ring (bicyclic) bond motifs is 1. The maximum atomic E-state index is 4.97. The normalized spacial score (nSPS) is 25.8. The molecule has 2 heterocycles. The molecule has 0 radical (unpaired) electrons. The summed E-state index contributed by atoms with van der Waals surface area (Å²) >= 11 is 0. The van der Waals surface area contributed by atoms with E-state index in [-0.39, 0.29) is 0 Å². The van der Waals surface area contributed by atoms with Crippen LogP contribution in [0.15, 0.2) is 0 Å². The highest BCUT2D eigenvalue weighted by atomic mass is 15.1. The smallest absolute Gasteiger partial charge is 0.112 e. The van der Waals surface area contributed by atoms with Crippen molar-refractivity contribution < 1.29 is 0 Å². The molecule has 112 valence electrons. The van der Waals surface area contributed by atoms with Crippen LogP contribution in [-0.4, -0.2) is 16.1 Å². The molecule has 0 saturated heterocycles. The molecule has 1 aromatic rings. The molecule has 1 atom stereocenters. The van der Waals surface area contributed by atoms with E-state index in [4.69, 9.17) is 4.98 Å². The highest BCUT2D eigenvalue weighted by Gasteiger charge is 2.33. The van der Waals surface area contributed by atoms with Crippen LogP contribution in [0.5, 0.6) is 0 Å². The minimum absolute atomic E-state index is 0.487. The summed E-state index contributed by atoms with van der Waals surface area (Å²) < 4.78 is 2.64. The summed E-state index contributed by atoms with van der Waals surface area (Å²) in [5.41, 5.74) is 3.32. The Balaban J connectivity index is 2.00. The molecule has 0 bridgehead atoms. The van der Waals surface area contributed by atoms with Gasteiger partial charge in [-0.3, -0.25) is 0 Å². The number of nitrogens with one attached hydrogen (secondary N) is 1. The number of imidazole rings is 1. The zero-order valence-corrected chi connectivity index (χ0v) is 13.5. The second-order valence-electron chi connectivity index (χ2n) is 7.73. The molecular weight excluding hydrogens is 246 g/mol. The lowest BCUT2D eigenvalue weighted by Crippen LogP contribution is -2.30. The van der Waals surface area contributed by atoms with E-state index in [1.165, 1.54) is 42.9 Å². The van der Waals surface area contributed by atoms with Crippen LogP contribution in [0.3, 0.4) is 0 Å². The van der Waals surface area contributed by atoms with Crippen molar-refractivity contribution in [3.05, 3.63) is 17.2 Å². The monoisotopic (exact) mass is 275 g/mol. The second kappa shape index (κ2) is 5.18. The van der Waals surface area contributed by atoms with Gasteiger partial charge in [-0.2, -0.15) is 0 Å². The summed E-state index contributed by atoms with van der Waals surface area (Å²) in [7, 11) is 0. The Kier molecular flexibility index (Phi) is 3.65. The summed E-state index contributed by atoms with van der Waals surface area (Å²) in [5.74, 6) is 1.84. The van der Waals surface area contributed by atoms with Gasteiger partial charge in [-0.15, -0.1) is 0 Å². The maximum absolute atomic E-state index is 4.97. The third-order valence-electron chi connectivity index (χ3n) is 5.01. The van der Waals surface area contributed by atoms with Gasteiger partial charge in [-0.05, 0) is 24.7 Å². The number of rotatable bonds is 2. The lowest BCUT2D eigenvalue weighted by molar-refractivity contribution is 0.178. The maximum Gasteiger partial charge on any atom is 0.112 e. The molecule has 1 unspecified atom stereocenters. The van der Waals surface area contributed by atoms with Crippen molar-refractivity contribution in [2.24, 2.45) is 5.41 Å². The molecule has 1 N–H and O–H groups in total. The molecule has 1 aliphatic heterocycles. The first-order valence-electron chi connectivity index (χ1n) is 8.28. The topological polar surface area (TPSA) is 29.9 Å². The second-order valence-corrected chi connectivity index (χ2v) is 7.73. The molecule has 2 aliphatic rings. The Morgan fingerprint density at radius 3 is 2.85 bits per heavy atom. The average molecular weight is 275 g/mol. The van der Waals surface area contributed by atoms with Gasteiger partial charge >= 0.3 is 0 Å². The van der Waals surface area contributed by atoms with Crippen LogP contribution >= 0.6 is 0 Å². The average Bonchev–Trinajstić information content (AvgIpc) is 2.77. The fourth-order valence-electron chi connectivity index (χ4n) is 4.05. The van der Waals surface area contributed by atoms with Crippen molar-refractivity contribution in [1.29, 1.82) is 0 Å². The largest absolute Gasteiger partial charge is 0.328 e. The molecule has 0 spiro atoms. The van der Waals surface area contributed by atoms with Gasteiger partial charge in [0.05, 0.1) is 5.69 Å². The lowest BCUT2D eigenvalue weighted by Gasteiger charge is -2.37. The molecule has 3 rings (SSSR count). The van der Waals surface area contributed by atoms with E-state index in [1.807, 2.05) is 0 Å². The highest BCUT2D eigenvalue weighted by molar-refractivity contribution is 5.23. The molecule has 1 fully saturated rings. The van der Waals surface area contributed by atoms with Crippen LogP contribution in [0.25, 0.3) is 0 Å². The highest BCUT2D eigenvalue weighted by Crippen LogP contribution is 2.43. The molecule has 3 heteroatoms. The minimum Gasteiger partial charge on any atom is -0.328 e. The quantitative estimate of drug-likeness (QED) is 0.890. The van der Waals surface area contributed by atoms with Gasteiger partial charge in [-0.1, -0.05) is 34.1 Å². The van der Waals surface area contributed by atoms with Gasteiger partial charge in [0.1, 0.15) is 5.82 Å². The van der Waals surface area contributed by atoms with Gasteiger partial charge in [-0.25, -0.2) is 4.98 Å². The van der Waals surface area contributed by atoms with Gasteiger partial charge in [0.2, 0.25) is 0 Å².